The van der Waals surface area contributed by atoms with Gasteiger partial charge in [0.1, 0.15) is 5.75 Å². The van der Waals surface area contributed by atoms with Crippen LogP contribution in [0, 0.1) is 0 Å². The van der Waals surface area contributed by atoms with E-state index in [-0.39, 0.29) is 24.5 Å². The van der Waals surface area contributed by atoms with Crippen LogP contribution < -0.4 is 15.4 Å². The third-order valence-corrected chi connectivity index (χ3v) is 2.96. The second-order valence-electron chi connectivity index (χ2n) is 5.36. The first-order chi connectivity index (χ1) is 11.0. The van der Waals surface area contributed by atoms with E-state index in [2.05, 4.69) is 10.6 Å². The quantitative estimate of drug-likeness (QED) is 0.862. The lowest BCUT2D eigenvalue weighted by Crippen LogP contribution is -2.30. The van der Waals surface area contributed by atoms with Gasteiger partial charge in [-0.25, -0.2) is 0 Å². The van der Waals surface area contributed by atoms with Gasteiger partial charge in [-0.2, -0.15) is 0 Å². The molecule has 2 aromatic rings. The Hall–Kier alpha value is -2.82. The summed E-state index contributed by atoms with van der Waals surface area (Å²) in [7, 11) is 0. The van der Waals surface area contributed by atoms with Gasteiger partial charge in [0.2, 0.25) is 0 Å². The molecule has 0 bridgehead atoms. The summed E-state index contributed by atoms with van der Waals surface area (Å²) in [6, 6.07) is 15.9. The molecule has 2 rings (SSSR count). The van der Waals surface area contributed by atoms with Crippen molar-refractivity contribution in [1.29, 1.82) is 0 Å². The number of nitrogens with one attached hydrogen (secondary N) is 2. The molecule has 5 heteroatoms. The summed E-state index contributed by atoms with van der Waals surface area (Å²) in [5.74, 6) is 0.252. The molecular formula is C18H20N2O3. The Bertz CT molecular complexity index is 652. The minimum atomic E-state index is -0.256. The molecule has 23 heavy (non-hydrogen) atoms. The number of para-hydroxylation sites is 1. The number of anilines is 1. The third kappa shape index (κ3) is 5.47. The minimum absolute atomic E-state index is 0.0698. The second kappa shape index (κ2) is 7.98. The summed E-state index contributed by atoms with van der Waals surface area (Å²) in [4.78, 5) is 23.7. The summed E-state index contributed by atoms with van der Waals surface area (Å²) in [5, 5.41) is 5.53. The molecule has 0 aliphatic heterocycles. The zero-order chi connectivity index (χ0) is 16.7. The smallest absolute Gasteiger partial charge is 0.262 e. The highest BCUT2D eigenvalue weighted by molar-refractivity contribution is 5.96. The van der Waals surface area contributed by atoms with Crippen LogP contribution in [0.25, 0.3) is 0 Å². The molecular weight excluding hydrogens is 292 g/mol. The lowest BCUT2D eigenvalue weighted by Gasteiger charge is -2.10. The Morgan fingerprint density at radius 2 is 1.65 bits per heavy atom. The van der Waals surface area contributed by atoms with Gasteiger partial charge < -0.3 is 15.4 Å². The number of hydrogen-bond donors (Lipinski definition) is 2. The van der Waals surface area contributed by atoms with Gasteiger partial charge in [0.25, 0.3) is 11.8 Å². The molecule has 0 fully saturated rings. The first kappa shape index (κ1) is 16.5. The van der Waals surface area contributed by atoms with Crippen molar-refractivity contribution in [3.63, 3.8) is 0 Å². The Morgan fingerprint density at radius 3 is 2.26 bits per heavy atom. The predicted octanol–water partition coefficient (Wildman–Crippen LogP) is 2.84. The van der Waals surface area contributed by atoms with E-state index in [0.717, 1.165) is 0 Å². The van der Waals surface area contributed by atoms with E-state index in [0.29, 0.717) is 17.0 Å². The second-order valence-corrected chi connectivity index (χ2v) is 5.36. The fraction of sp³-hybridized carbons (Fsp3) is 0.222. The number of ether oxygens (including phenoxy) is 1. The molecule has 0 aromatic heterocycles. The van der Waals surface area contributed by atoms with E-state index in [1.54, 1.807) is 36.4 Å². The maximum atomic E-state index is 11.8. The molecule has 2 amide bonds. The van der Waals surface area contributed by atoms with Gasteiger partial charge in [-0.1, -0.05) is 18.2 Å². The van der Waals surface area contributed by atoms with Crippen molar-refractivity contribution >= 4 is 17.5 Å². The van der Waals surface area contributed by atoms with Gasteiger partial charge in [-0.15, -0.1) is 0 Å². The van der Waals surface area contributed by atoms with Crippen LogP contribution in [0.2, 0.25) is 0 Å². The van der Waals surface area contributed by atoms with Crippen LogP contribution in [0.1, 0.15) is 24.2 Å². The first-order valence-corrected chi connectivity index (χ1v) is 7.43. The number of rotatable bonds is 6. The molecule has 0 aliphatic rings. The third-order valence-electron chi connectivity index (χ3n) is 2.96. The van der Waals surface area contributed by atoms with E-state index in [1.807, 2.05) is 32.0 Å². The van der Waals surface area contributed by atoms with Crippen LogP contribution in [0.4, 0.5) is 5.69 Å². The molecule has 0 atom stereocenters. The van der Waals surface area contributed by atoms with Crippen molar-refractivity contribution in [1.82, 2.24) is 5.32 Å². The summed E-state index contributed by atoms with van der Waals surface area (Å²) in [6.45, 7) is 3.73. The summed E-state index contributed by atoms with van der Waals surface area (Å²) in [6.07, 6.45) is 0. The van der Waals surface area contributed by atoms with E-state index in [9.17, 15) is 9.59 Å². The Kier molecular flexibility index (Phi) is 5.74. The van der Waals surface area contributed by atoms with Gasteiger partial charge in [0.15, 0.2) is 6.61 Å². The molecule has 0 spiro atoms. The molecule has 0 aliphatic carbocycles. The lowest BCUT2D eigenvalue weighted by atomic mass is 10.2. The number of carbonyl (C=O) groups is 2. The van der Waals surface area contributed by atoms with E-state index in [4.69, 9.17) is 4.74 Å². The van der Waals surface area contributed by atoms with Crippen LogP contribution >= 0.6 is 0 Å². The van der Waals surface area contributed by atoms with Gasteiger partial charge in [-0.05, 0) is 50.2 Å². The molecule has 0 heterocycles. The summed E-state index contributed by atoms with van der Waals surface area (Å²) in [5.41, 5.74) is 1.17. The van der Waals surface area contributed by atoms with Crippen molar-refractivity contribution in [3.8, 4) is 5.75 Å². The fourth-order valence-corrected chi connectivity index (χ4v) is 1.91. The highest BCUT2D eigenvalue weighted by Crippen LogP contribution is 2.11. The highest BCUT2D eigenvalue weighted by atomic mass is 16.5. The normalized spacial score (nSPS) is 10.2. The van der Waals surface area contributed by atoms with Crippen LogP contribution in [0.5, 0.6) is 5.75 Å². The Labute approximate surface area is 135 Å². The molecule has 0 saturated heterocycles. The van der Waals surface area contributed by atoms with Gasteiger partial charge >= 0.3 is 0 Å². The van der Waals surface area contributed by atoms with Crippen LogP contribution in [0.15, 0.2) is 54.6 Å². The zero-order valence-electron chi connectivity index (χ0n) is 13.2. The average molecular weight is 312 g/mol. The van der Waals surface area contributed by atoms with E-state index < -0.39 is 0 Å². The SMILES string of the molecule is CC(C)NC(=O)c1ccc(NC(=O)COc2ccccc2)cc1. The molecule has 0 radical (unpaired) electrons. The first-order valence-electron chi connectivity index (χ1n) is 7.43. The lowest BCUT2D eigenvalue weighted by molar-refractivity contribution is -0.118. The van der Waals surface area contributed by atoms with Gasteiger partial charge in [0.05, 0.1) is 0 Å². The number of carbonyl (C=O) groups excluding carboxylic acids is 2. The van der Waals surface area contributed by atoms with Crippen molar-refractivity contribution in [2.75, 3.05) is 11.9 Å². The maximum Gasteiger partial charge on any atom is 0.262 e. The maximum absolute atomic E-state index is 11.8. The van der Waals surface area contributed by atoms with Gasteiger partial charge in [-0.3, -0.25) is 9.59 Å². The van der Waals surface area contributed by atoms with Crippen molar-refractivity contribution in [3.05, 3.63) is 60.2 Å². The van der Waals surface area contributed by atoms with Crippen molar-refractivity contribution in [2.45, 2.75) is 19.9 Å². The minimum Gasteiger partial charge on any atom is -0.484 e. The molecule has 120 valence electrons. The molecule has 2 aromatic carbocycles. The van der Waals surface area contributed by atoms with Crippen molar-refractivity contribution in [2.24, 2.45) is 0 Å². The monoisotopic (exact) mass is 312 g/mol. The Morgan fingerprint density at radius 1 is 1.00 bits per heavy atom. The zero-order valence-corrected chi connectivity index (χ0v) is 13.2. The van der Waals surface area contributed by atoms with Crippen LogP contribution in [0.3, 0.4) is 0 Å². The summed E-state index contributed by atoms with van der Waals surface area (Å²) < 4.78 is 5.37. The number of amides is 2. The molecule has 0 saturated carbocycles. The largest absolute Gasteiger partial charge is 0.484 e. The van der Waals surface area contributed by atoms with E-state index in [1.165, 1.54) is 0 Å². The number of hydrogen-bond acceptors (Lipinski definition) is 3. The number of benzene rings is 2. The fourth-order valence-electron chi connectivity index (χ4n) is 1.91. The van der Waals surface area contributed by atoms with Crippen LogP contribution in [-0.4, -0.2) is 24.5 Å². The van der Waals surface area contributed by atoms with E-state index >= 15 is 0 Å². The van der Waals surface area contributed by atoms with Crippen LogP contribution in [-0.2, 0) is 4.79 Å². The standard InChI is InChI=1S/C18H20N2O3/c1-13(2)19-18(22)14-8-10-15(11-9-14)20-17(21)12-23-16-6-4-3-5-7-16/h3-11,13H,12H2,1-2H3,(H,19,22)(H,20,21). The molecule has 2 N–H and O–H groups in total. The highest BCUT2D eigenvalue weighted by Gasteiger charge is 2.08. The Balaban J connectivity index is 1.85. The topological polar surface area (TPSA) is 67.4 Å². The predicted molar refractivity (Wildman–Crippen MR) is 89.6 cm³/mol. The summed E-state index contributed by atoms with van der Waals surface area (Å²) >= 11 is 0. The van der Waals surface area contributed by atoms with Gasteiger partial charge in [0, 0.05) is 17.3 Å². The molecule has 0 unspecified atom stereocenters. The van der Waals surface area contributed by atoms with Crippen molar-refractivity contribution < 1.29 is 14.3 Å². The molecule has 5 nitrogen and oxygen atoms in total. The average Bonchev–Trinajstić information content (AvgIpc) is 2.54.